The summed E-state index contributed by atoms with van der Waals surface area (Å²) < 4.78 is 16.6. The molecule has 156 valence electrons. The summed E-state index contributed by atoms with van der Waals surface area (Å²) in [5, 5.41) is 0. The molecule has 0 bridgehead atoms. The van der Waals surface area contributed by atoms with Crippen LogP contribution >= 0.6 is 0 Å². The molecule has 1 saturated heterocycles. The van der Waals surface area contributed by atoms with Crippen molar-refractivity contribution in [3.05, 3.63) is 59.4 Å². The summed E-state index contributed by atoms with van der Waals surface area (Å²) in [5.74, 6) is 1.78. The normalized spacial score (nSPS) is 17.3. The van der Waals surface area contributed by atoms with Crippen molar-refractivity contribution in [2.24, 2.45) is 0 Å². The van der Waals surface area contributed by atoms with E-state index in [4.69, 9.17) is 14.2 Å². The van der Waals surface area contributed by atoms with Crippen LogP contribution in [0.15, 0.2) is 48.2 Å². The summed E-state index contributed by atoms with van der Waals surface area (Å²) in [6.45, 7) is 1.58. The van der Waals surface area contributed by atoms with E-state index in [-0.39, 0.29) is 24.1 Å². The zero-order valence-electron chi connectivity index (χ0n) is 17.1. The van der Waals surface area contributed by atoms with Crippen LogP contribution in [-0.4, -0.2) is 43.4 Å². The van der Waals surface area contributed by atoms with Crippen molar-refractivity contribution in [2.45, 2.75) is 25.7 Å². The van der Waals surface area contributed by atoms with Crippen LogP contribution < -0.4 is 14.2 Å². The molecule has 2 aromatic carbocycles. The van der Waals surface area contributed by atoms with Crippen LogP contribution in [0.2, 0.25) is 0 Å². The first-order valence-corrected chi connectivity index (χ1v) is 10.3. The summed E-state index contributed by atoms with van der Waals surface area (Å²) in [6.07, 6.45) is 6.14. The fourth-order valence-corrected chi connectivity index (χ4v) is 3.66. The van der Waals surface area contributed by atoms with E-state index in [2.05, 4.69) is 0 Å². The number of fused-ring (bicyclic) bond motifs is 1. The molecule has 1 fully saturated rings. The van der Waals surface area contributed by atoms with Gasteiger partial charge in [0, 0.05) is 19.2 Å². The molecule has 2 aliphatic rings. The van der Waals surface area contributed by atoms with E-state index < -0.39 is 0 Å². The Morgan fingerprint density at radius 1 is 1.03 bits per heavy atom. The fourth-order valence-electron chi connectivity index (χ4n) is 3.66. The highest BCUT2D eigenvalue weighted by Gasteiger charge is 2.28. The lowest BCUT2D eigenvalue weighted by Crippen LogP contribution is -2.35. The highest BCUT2D eigenvalue weighted by atomic mass is 16.5. The molecular formula is C24H25NO5. The number of rotatable bonds is 5. The number of hydrogen-bond acceptors (Lipinski definition) is 5. The lowest BCUT2D eigenvalue weighted by molar-refractivity contribution is -0.133. The van der Waals surface area contributed by atoms with Crippen molar-refractivity contribution in [1.82, 2.24) is 4.90 Å². The second-order valence-electron chi connectivity index (χ2n) is 7.45. The molecule has 0 N–H and O–H groups in total. The maximum absolute atomic E-state index is 12.6. The summed E-state index contributed by atoms with van der Waals surface area (Å²) in [7, 11) is 1.61. The summed E-state index contributed by atoms with van der Waals surface area (Å²) in [5.41, 5.74) is 1.33. The lowest BCUT2D eigenvalue weighted by atomic mass is 10.1. The molecule has 0 unspecified atom stereocenters. The molecule has 0 saturated carbocycles. The molecule has 2 heterocycles. The number of methoxy groups -OCH3 is 1. The standard InChI is InChI=1S/C24H25NO5/c1-28-18-8-6-17(7-9-18)14-22-24(27)20-11-10-19(15-21(20)30-22)29-16-23(26)25-12-4-2-3-5-13-25/h6-11,14-15H,2-5,12-13,16H2,1H3. The van der Waals surface area contributed by atoms with Crippen molar-refractivity contribution >= 4 is 17.8 Å². The van der Waals surface area contributed by atoms with Gasteiger partial charge < -0.3 is 19.1 Å². The van der Waals surface area contributed by atoms with E-state index in [1.807, 2.05) is 29.2 Å². The van der Waals surface area contributed by atoms with Gasteiger partial charge in [0.05, 0.1) is 12.7 Å². The number of amides is 1. The Labute approximate surface area is 176 Å². The van der Waals surface area contributed by atoms with Crippen molar-refractivity contribution in [3.63, 3.8) is 0 Å². The molecule has 2 aliphatic heterocycles. The van der Waals surface area contributed by atoms with Crippen LogP contribution in [0.5, 0.6) is 17.2 Å². The van der Waals surface area contributed by atoms with Gasteiger partial charge in [-0.05, 0) is 48.7 Å². The minimum atomic E-state index is -0.173. The topological polar surface area (TPSA) is 65.1 Å². The molecule has 6 nitrogen and oxygen atoms in total. The summed E-state index contributed by atoms with van der Waals surface area (Å²) in [6, 6.07) is 12.4. The van der Waals surface area contributed by atoms with Crippen molar-refractivity contribution in [3.8, 4) is 17.2 Å². The minimum Gasteiger partial charge on any atom is -0.497 e. The lowest BCUT2D eigenvalue weighted by Gasteiger charge is -2.20. The Balaban J connectivity index is 1.41. The molecule has 0 atom stereocenters. The van der Waals surface area contributed by atoms with Gasteiger partial charge in [-0.25, -0.2) is 0 Å². The second kappa shape index (κ2) is 9.03. The van der Waals surface area contributed by atoms with E-state index in [0.717, 1.165) is 37.2 Å². The molecule has 0 aromatic heterocycles. The minimum absolute atomic E-state index is 0.00511. The van der Waals surface area contributed by atoms with E-state index in [0.29, 0.717) is 17.1 Å². The number of ketones is 1. The van der Waals surface area contributed by atoms with Crippen LogP contribution in [0.25, 0.3) is 6.08 Å². The number of hydrogen-bond donors (Lipinski definition) is 0. The van der Waals surface area contributed by atoms with E-state index >= 15 is 0 Å². The Bertz CT molecular complexity index is 956. The van der Waals surface area contributed by atoms with Gasteiger partial charge in [-0.2, -0.15) is 0 Å². The van der Waals surface area contributed by atoms with E-state index in [1.54, 1.807) is 31.4 Å². The first-order valence-electron chi connectivity index (χ1n) is 10.3. The van der Waals surface area contributed by atoms with E-state index in [9.17, 15) is 9.59 Å². The number of benzene rings is 2. The predicted molar refractivity (Wildman–Crippen MR) is 113 cm³/mol. The van der Waals surface area contributed by atoms with Crippen LogP contribution in [0.3, 0.4) is 0 Å². The Morgan fingerprint density at radius 2 is 1.73 bits per heavy atom. The Kier molecular flexibility index (Phi) is 6.02. The summed E-state index contributed by atoms with van der Waals surface area (Å²) >= 11 is 0. The monoisotopic (exact) mass is 407 g/mol. The molecule has 4 rings (SSSR count). The molecule has 1 amide bonds. The van der Waals surface area contributed by atoms with Crippen molar-refractivity contribution < 1.29 is 23.8 Å². The second-order valence-corrected chi connectivity index (χ2v) is 7.45. The van der Waals surface area contributed by atoms with Crippen molar-refractivity contribution in [2.75, 3.05) is 26.8 Å². The van der Waals surface area contributed by atoms with E-state index in [1.165, 1.54) is 12.8 Å². The number of carbonyl (C=O) groups is 2. The Morgan fingerprint density at radius 3 is 2.43 bits per heavy atom. The highest BCUT2D eigenvalue weighted by Crippen LogP contribution is 2.35. The van der Waals surface area contributed by atoms with Crippen LogP contribution in [0.1, 0.15) is 41.6 Å². The van der Waals surface area contributed by atoms with Crippen molar-refractivity contribution in [1.29, 1.82) is 0 Å². The first kappa shape index (κ1) is 20.0. The smallest absolute Gasteiger partial charge is 0.260 e. The number of Topliss-reactive ketones (excluding diaryl/α,β-unsaturated/α-hetero) is 1. The average molecular weight is 407 g/mol. The maximum Gasteiger partial charge on any atom is 0.260 e. The van der Waals surface area contributed by atoms with Gasteiger partial charge in [-0.1, -0.05) is 25.0 Å². The average Bonchev–Trinajstić information content (AvgIpc) is 2.94. The molecule has 0 aliphatic carbocycles. The third-order valence-corrected chi connectivity index (χ3v) is 5.38. The molecule has 0 spiro atoms. The molecule has 2 aromatic rings. The van der Waals surface area contributed by atoms with Crippen LogP contribution in [0.4, 0.5) is 0 Å². The largest absolute Gasteiger partial charge is 0.497 e. The fraction of sp³-hybridized carbons (Fsp3) is 0.333. The van der Waals surface area contributed by atoms with Gasteiger partial charge in [-0.3, -0.25) is 9.59 Å². The molecule has 0 radical (unpaired) electrons. The van der Waals surface area contributed by atoms with Gasteiger partial charge in [0.2, 0.25) is 5.78 Å². The third-order valence-electron chi connectivity index (χ3n) is 5.38. The van der Waals surface area contributed by atoms with Gasteiger partial charge in [0.25, 0.3) is 5.91 Å². The SMILES string of the molecule is COc1ccc(C=C2Oc3cc(OCC(=O)N4CCCCCC4)ccc3C2=O)cc1. The molecule has 6 heteroatoms. The zero-order chi connectivity index (χ0) is 20.9. The number of likely N-dealkylation sites (tertiary alicyclic amines) is 1. The number of ether oxygens (including phenoxy) is 3. The number of carbonyl (C=O) groups excluding carboxylic acids is 2. The van der Waals surface area contributed by atoms with Gasteiger partial charge in [0.15, 0.2) is 12.4 Å². The Hall–Kier alpha value is -3.28. The predicted octanol–water partition coefficient (Wildman–Crippen LogP) is 4.09. The van der Waals surface area contributed by atoms with Gasteiger partial charge >= 0.3 is 0 Å². The first-order chi connectivity index (χ1) is 14.6. The number of allylic oxidation sites excluding steroid dienone is 1. The maximum atomic E-state index is 12.6. The third kappa shape index (κ3) is 4.48. The van der Waals surface area contributed by atoms with Gasteiger partial charge in [-0.15, -0.1) is 0 Å². The molecule has 30 heavy (non-hydrogen) atoms. The number of nitrogens with zero attached hydrogens (tertiary/aromatic N) is 1. The molecular weight excluding hydrogens is 382 g/mol. The summed E-state index contributed by atoms with van der Waals surface area (Å²) in [4.78, 5) is 26.9. The zero-order valence-corrected chi connectivity index (χ0v) is 17.1. The van der Waals surface area contributed by atoms with Gasteiger partial charge in [0.1, 0.15) is 17.2 Å². The quantitative estimate of drug-likeness (QED) is 0.699. The van der Waals surface area contributed by atoms with Crippen LogP contribution in [0, 0.1) is 0 Å². The van der Waals surface area contributed by atoms with Crippen LogP contribution in [-0.2, 0) is 4.79 Å². The highest BCUT2D eigenvalue weighted by molar-refractivity contribution is 6.14.